The quantitative estimate of drug-likeness (QED) is 0.869. The molecule has 2 heterocycles. The molecule has 4 heteroatoms. The van der Waals surface area contributed by atoms with Gasteiger partial charge in [0.15, 0.2) is 0 Å². The van der Waals surface area contributed by atoms with Gasteiger partial charge in [0.25, 0.3) is 0 Å². The molecule has 0 radical (unpaired) electrons. The molecule has 0 aromatic carbocycles. The van der Waals surface area contributed by atoms with Crippen molar-refractivity contribution in [3.8, 4) is 0 Å². The van der Waals surface area contributed by atoms with Crippen LogP contribution in [-0.2, 0) is 19.5 Å². The summed E-state index contributed by atoms with van der Waals surface area (Å²) in [6.45, 7) is 11.0. The van der Waals surface area contributed by atoms with Crippen LogP contribution >= 0.6 is 0 Å². The molecule has 0 aliphatic rings. The van der Waals surface area contributed by atoms with Crippen LogP contribution < -0.4 is 5.32 Å². The molecule has 4 nitrogen and oxygen atoms in total. The number of aryl methyl sites for hydroxylation is 1. The maximum atomic E-state index is 5.60. The fourth-order valence-corrected chi connectivity index (χ4v) is 2.42. The first kappa shape index (κ1) is 13.9. The number of rotatable bonds is 6. The van der Waals surface area contributed by atoms with E-state index in [9.17, 15) is 0 Å². The Morgan fingerprint density at radius 2 is 2.11 bits per heavy atom. The first-order valence-corrected chi connectivity index (χ1v) is 6.95. The molecule has 0 bridgehead atoms. The Morgan fingerprint density at radius 1 is 1.32 bits per heavy atom. The van der Waals surface area contributed by atoms with Crippen LogP contribution in [-0.4, -0.2) is 16.3 Å². The number of hydrogen-bond donors (Lipinski definition) is 1. The number of aromatic nitrogens is 2. The molecule has 0 aliphatic heterocycles. The van der Waals surface area contributed by atoms with Crippen molar-refractivity contribution in [2.75, 3.05) is 6.54 Å². The number of nitrogens with one attached hydrogen (secondary N) is 1. The van der Waals surface area contributed by atoms with Crippen LogP contribution in [0.2, 0.25) is 0 Å². The van der Waals surface area contributed by atoms with Crippen LogP contribution in [0.15, 0.2) is 16.7 Å². The third-order valence-corrected chi connectivity index (χ3v) is 3.48. The van der Waals surface area contributed by atoms with Crippen molar-refractivity contribution >= 4 is 0 Å². The molecule has 0 saturated carbocycles. The van der Waals surface area contributed by atoms with Gasteiger partial charge < -0.3 is 9.73 Å². The van der Waals surface area contributed by atoms with Gasteiger partial charge in [-0.05, 0) is 38.4 Å². The summed E-state index contributed by atoms with van der Waals surface area (Å²) in [5.41, 5.74) is 4.90. The summed E-state index contributed by atoms with van der Waals surface area (Å²) in [7, 11) is 0. The molecule has 2 rings (SSSR count). The van der Waals surface area contributed by atoms with Crippen molar-refractivity contribution in [1.29, 1.82) is 0 Å². The van der Waals surface area contributed by atoms with Crippen LogP contribution in [0.1, 0.15) is 42.1 Å². The fraction of sp³-hybridized carbons (Fsp3) is 0.533. The Kier molecular flexibility index (Phi) is 4.43. The Hall–Kier alpha value is -1.55. The lowest BCUT2D eigenvalue weighted by Crippen LogP contribution is -2.10. The molecular formula is C15H23N3O. The van der Waals surface area contributed by atoms with Crippen molar-refractivity contribution in [2.24, 2.45) is 0 Å². The monoisotopic (exact) mass is 261 g/mol. The second-order valence-electron chi connectivity index (χ2n) is 4.86. The average molecular weight is 261 g/mol. The highest BCUT2D eigenvalue weighted by Gasteiger charge is 2.11. The average Bonchev–Trinajstić information content (AvgIpc) is 2.93. The van der Waals surface area contributed by atoms with Crippen molar-refractivity contribution in [1.82, 2.24) is 15.1 Å². The molecule has 1 N–H and O–H groups in total. The Morgan fingerprint density at radius 3 is 2.74 bits per heavy atom. The molecule has 2 aromatic heterocycles. The van der Waals surface area contributed by atoms with Crippen LogP contribution in [0.4, 0.5) is 0 Å². The molecule has 19 heavy (non-hydrogen) atoms. The lowest BCUT2D eigenvalue weighted by atomic mass is 10.1. The summed E-state index contributed by atoms with van der Waals surface area (Å²) in [4.78, 5) is 0. The van der Waals surface area contributed by atoms with Gasteiger partial charge in [0, 0.05) is 17.8 Å². The van der Waals surface area contributed by atoms with Gasteiger partial charge in [-0.3, -0.25) is 4.68 Å². The number of hydrogen-bond acceptors (Lipinski definition) is 3. The first-order valence-electron chi connectivity index (χ1n) is 6.95. The highest BCUT2D eigenvalue weighted by atomic mass is 16.3. The van der Waals surface area contributed by atoms with E-state index in [-0.39, 0.29) is 0 Å². The predicted molar refractivity (Wildman–Crippen MR) is 76.3 cm³/mol. The normalized spacial score (nSPS) is 11.2. The van der Waals surface area contributed by atoms with Crippen molar-refractivity contribution in [3.63, 3.8) is 0 Å². The van der Waals surface area contributed by atoms with E-state index >= 15 is 0 Å². The highest BCUT2D eigenvalue weighted by Crippen LogP contribution is 2.16. The van der Waals surface area contributed by atoms with Gasteiger partial charge >= 0.3 is 0 Å². The molecule has 104 valence electrons. The Balaban J connectivity index is 2.10. The Labute approximate surface area is 114 Å². The third kappa shape index (κ3) is 3.07. The molecule has 0 aliphatic carbocycles. The minimum Gasteiger partial charge on any atom is -0.467 e. The number of furan rings is 1. The van der Waals surface area contributed by atoms with E-state index in [1.54, 1.807) is 0 Å². The lowest BCUT2D eigenvalue weighted by molar-refractivity contribution is 0.474. The molecule has 0 spiro atoms. The standard InChI is InChI=1S/C15H23N3O/c1-5-15-11(3)17-18(12(15)4)9-14-7-13(10-19-14)8-16-6-2/h7,10,16H,5-6,8-9H2,1-4H3. The summed E-state index contributed by atoms with van der Waals surface area (Å²) in [6.07, 6.45) is 2.85. The van der Waals surface area contributed by atoms with Crippen molar-refractivity contribution in [3.05, 3.63) is 40.6 Å². The second-order valence-corrected chi connectivity index (χ2v) is 4.86. The van der Waals surface area contributed by atoms with Crippen LogP contribution in [0.25, 0.3) is 0 Å². The topological polar surface area (TPSA) is 43.0 Å². The predicted octanol–water partition coefficient (Wildman–Crippen LogP) is 2.81. The van der Waals surface area contributed by atoms with E-state index in [1.807, 2.05) is 10.9 Å². The summed E-state index contributed by atoms with van der Waals surface area (Å²) in [6, 6.07) is 2.10. The third-order valence-electron chi connectivity index (χ3n) is 3.48. The molecule has 0 unspecified atom stereocenters. The molecule has 2 aromatic rings. The smallest absolute Gasteiger partial charge is 0.125 e. The molecule has 0 fully saturated rings. The first-order chi connectivity index (χ1) is 9.15. The summed E-state index contributed by atoms with van der Waals surface area (Å²) in [5.74, 6) is 0.959. The molecule has 0 atom stereocenters. The van der Waals surface area contributed by atoms with Gasteiger partial charge in [0.2, 0.25) is 0 Å². The van der Waals surface area contributed by atoms with E-state index in [4.69, 9.17) is 4.42 Å². The SMILES string of the molecule is CCNCc1coc(Cn2nc(C)c(CC)c2C)c1. The van der Waals surface area contributed by atoms with E-state index in [1.165, 1.54) is 16.8 Å². The van der Waals surface area contributed by atoms with E-state index in [0.29, 0.717) is 6.54 Å². The van der Waals surface area contributed by atoms with Gasteiger partial charge in [-0.25, -0.2) is 0 Å². The maximum absolute atomic E-state index is 5.60. The van der Waals surface area contributed by atoms with Crippen molar-refractivity contribution < 1.29 is 4.42 Å². The summed E-state index contributed by atoms with van der Waals surface area (Å²) < 4.78 is 7.63. The zero-order chi connectivity index (χ0) is 13.8. The largest absolute Gasteiger partial charge is 0.467 e. The zero-order valence-electron chi connectivity index (χ0n) is 12.3. The van der Waals surface area contributed by atoms with Gasteiger partial charge in [0.1, 0.15) is 5.76 Å². The van der Waals surface area contributed by atoms with Crippen LogP contribution in [0.5, 0.6) is 0 Å². The van der Waals surface area contributed by atoms with Gasteiger partial charge in [-0.1, -0.05) is 13.8 Å². The van der Waals surface area contributed by atoms with Crippen molar-refractivity contribution in [2.45, 2.75) is 47.2 Å². The molecular weight excluding hydrogens is 238 g/mol. The lowest BCUT2D eigenvalue weighted by Gasteiger charge is -2.02. The molecule has 0 saturated heterocycles. The van der Waals surface area contributed by atoms with Gasteiger partial charge in [0.05, 0.1) is 18.5 Å². The minimum absolute atomic E-state index is 0.707. The van der Waals surface area contributed by atoms with Gasteiger partial charge in [-0.2, -0.15) is 5.10 Å². The zero-order valence-corrected chi connectivity index (χ0v) is 12.3. The summed E-state index contributed by atoms with van der Waals surface area (Å²) in [5, 5.41) is 7.88. The number of nitrogens with zero attached hydrogens (tertiary/aromatic N) is 2. The summed E-state index contributed by atoms with van der Waals surface area (Å²) >= 11 is 0. The highest BCUT2D eigenvalue weighted by molar-refractivity contribution is 5.25. The van der Waals surface area contributed by atoms with E-state index in [0.717, 1.165) is 31.0 Å². The second kappa shape index (κ2) is 6.06. The molecule has 0 amide bonds. The van der Waals surface area contributed by atoms with E-state index < -0.39 is 0 Å². The van der Waals surface area contributed by atoms with Crippen LogP contribution in [0.3, 0.4) is 0 Å². The van der Waals surface area contributed by atoms with Crippen LogP contribution in [0, 0.1) is 13.8 Å². The van der Waals surface area contributed by atoms with Gasteiger partial charge in [-0.15, -0.1) is 0 Å². The Bertz CT molecular complexity index is 540. The van der Waals surface area contributed by atoms with E-state index in [2.05, 4.69) is 44.2 Å². The maximum Gasteiger partial charge on any atom is 0.125 e. The fourth-order valence-electron chi connectivity index (χ4n) is 2.42. The minimum atomic E-state index is 0.707.